The fourth-order valence-electron chi connectivity index (χ4n) is 1.94. The molecule has 0 aliphatic rings. The first-order valence-corrected chi connectivity index (χ1v) is 6.98. The van der Waals surface area contributed by atoms with Crippen molar-refractivity contribution in [3.8, 4) is 0 Å². The van der Waals surface area contributed by atoms with Crippen molar-refractivity contribution in [1.29, 1.82) is 0 Å². The van der Waals surface area contributed by atoms with Crippen molar-refractivity contribution < 1.29 is 4.79 Å². The molecule has 3 rings (SSSR count). The smallest absolute Gasteiger partial charge is 0.267 e. The van der Waals surface area contributed by atoms with Gasteiger partial charge in [0.25, 0.3) is 5.91 Å². The number of pyridine rings is 1. The number of anilines is 2. The zero-order chi connectivity index (χ0) is 14.1. The Morgan fingerprint density at radius 3 is 2.70 bits per heavy atom. The van der Waals surface area contributed by atoms with Crippen molar-refractivity contribution in [3.05, 3.63) is 53.0 Å². The van der Waals surface area contributed by atoms with Crippen LogP contribution < -0.4 is 11.1 Å². The maximum Gasteiger partial charge on any atom is 0.267 e. The molecule has 0 saturated carbocycles. The zero-order valence-electron chi connectivity index (χ0n) is 10.9. The van der Waals surface area contributed by atoms with Crippen molar-refractivity contribution in [2.24, 2.45) is 0 Å². The van der Waals surface area contributed by atoms with Crippen LogP contribution in [0.3, 0.4) is 0 Å². The zero-order valence-corrected chi connectivity index (χ0v) is 11.7. The van der Waals surface area contributed by atoms with Gasteiger partial charge in [0.1, 0.15) is 9.71 Å². The van der Waals surface area contributed by atoms with Gasteiger partial charge in [-0.2, -0.15) is 0 Å². The summed E-state index contributed by atoms with van der Waals surface area (Å²) in [4.78, 5) is 17.8. The van der Waals surface area contributed by atoms with Crippen LogP contribution >= 0.6 is 11.3 Å². The highest BCUT2D eigenvalue weighted by molar-refractivity contribution is 7.21. The third-order valence-corrected chi connectivity index (χ3v) is 4.15. The van der Waals surface area contributed by atoms with E-state index in [9.17, 15) is 4.79 Å². The van der Waals surface area contributed by atoms with Crippen LogP contribution in [-0.4, -0.2) is 10.9 Å². The molecule has 0 aliphatic heterocycles. The molecule has 0 bridgehead atoms. The number of aryl methyl sites for hydroxylation is 1. The standard InChI is InChI=1S/C15H13N3OS/c1-9-4-6-10(7-5-9)18-14(19)13-12(16)11-3-2-8-17-15(11)20-13/h2-8H,16H2,1H3,(H,18,19). The molecule has 100 valence electrons. The second kappa shape index (κ2) is 4.94. The van der Waals surface area contributed by atoms with Crippen molar-refractivity contribution >= 4 is 38.8 Å². The summed E-state index contributed by atoms with van der Waals surface area (Å²) in [5.41, 5.74) is 8.42. The quantitative estimate of drug-likeness (QED) is 0.757. The molecule has 3 aromatic rings. The van der Waals surface area contributed by atoms with Crippen LogP contribution in [0.1, 0.15) is 15.2 Å². The molecule has 0 aliphatic carbocycles. The maximum absolute atomic E-state index is 12.3. The largest absolute Gasteiger partial charge is 0.397 e. The van der Waals surface area contributed by atoms with Crippen LogP contribution in [0.15, 0.2) is 42.6 Å². The number of hydrogen-bond donors (Lipinski definition) is 2. The Morgan fingerprint density at radius 2 is 2.00 bits per heavy atom. The molecule has 1 amide bonds. The first-order valence-electron chi connectivity index (χ1n) is 6.16. The van der Waals surface area contributed by atoms with Crippen LogP contribution in [0, 0.1) is 6.92 Å². The van der Waals surface area contributed by atoms with E-state index in [1.54, 1.807) is 6.20 Å². The Morgan fingerprint density at radius 1 is 1.25 bits per heavy atom. The molecular formula is C15H13N3OS. The molecule has 0 spiro atoms. The van der Waals surface area contributed by atoms with Gasteiger partial charge in [-0.25, -0.2) is 4.98 Å². The Balaban J connectivity index is 1.92. The van der Waals surface area contributed by atoms with Crippen molar-refractivity contribution in [1.82, 2.24) is 4.98 Å². The van der Waals surface area contributed by atoms with E-state index in [0.29, 0.717) is 10.6 Å². The van der Waals surface area contributed by atoms with Gasteiger partial charge in [-0.05, 0) is 31.2 Å². The van der Waals surface area contributed by atoms with Gasteiger partial charge in [-0.3, -0.25) is 4.79 Å². The summed E-state index contributed by atoms with van der Waals surface area (Å²) in [7, 11) is 0. The topological polar surface area (TPSA) is 68.0 Å². The van der Waals surface area contributed by atoms with Crippen LogP contribution in [-0.2, 0) is 0 Å². The van der Waals surface area contributed by atoms with Gasteiger partial charge >= 0.3 is 0 Å². The number of rotatable bonds is 2. The van der Waals surface area contributed by atoms with E-state index in [1.807, 2.05) is 43.3 Å². The number of nitrogen functional groups attached to an aromatic ring is 1. The van der Waals surface area contributed by atoms with Gasteiger partial charge in [0.05, 0.1) is 5.69 Å². The van der Waals surface area contributed by atoms with E-state index in [-0.39, 0.29) is 5.91 Å². The molecule has 0 unspecified atom stereocenters. The number of nitrogens with one attached hydrogen (secondary N) is 1. The highest BCUT2D eigenvalue weighted by Crippen LogP contribution is 2.32. The Labute approximate surface area is 120 Å². The summed E-state index contributed by atoms with van der Waals surface area (Å²) in [6.45, 7) is 2.00. The normalized spacial score (nSPS) is 10.7. The van der Waals surface area contributed by atoms with Gasteiger partial charge in [0.2, 0.25) is 0 Å². The Kier molecular flexibility index (Phi) is 3.12. The van der Waals surface area contributed by atoms with Gasteiger partial charge in [-0.15, -0.1) is 11.3 Å². The third kappa shape index (κ3) is 2.23. The van der Waals surface area contributed by atoms with E-state index in [1.165, 1.54) is 11.3 Å². The number of amides is 1. The second-order valence-electron chi connectivity index (χ2n) is 4.52. The molecular weight excluding hydrogens is 270 g/mol. The Hall–Kier alpha value is -2.40. The fraction of sp³-hybridized carbons (Fsp3) is 0.0667. The van der Waals surface area contributed by atoms with Crippen LogP contribution in [0.5, 0.6) is 0 Å². The first-order chi connectivity index (χ1) is 9.65. The summed E-state index contributed by atoms with van der Waals surface area (Å²) in [5, 5.41) is 3.68. The van der Waals surface area contributed by atoms with E-state index in [2.05, 4.69) is 10.3 Å². The Bertz CT molecular complexity index is 777. The molecule has 20 heavy (non-hydrogen) atoms. The molecule has 1 aromatic carbocycles. The number of carbonyl (C=O) groups is 1. The molecule has 0 radical (unpaired) electrons. The molecule has 0 atom stereocenters. The van der Waals surface area contributed by atoms with Crippen molar-refractivity contribution in [3.63, 3.8) is 0 Å². The van der Waals surface area contributed by atoms with Crippen LogP contribution in [0.25, 0.3) is 10.2 Å². The minimum Gasteiger partial charge on any atom is -0.397 e. The number of thiophene rings is 1. The minimum atomic E-state index is -0.200. The van der Waals surface area contributed by atoms with Crippen molar-refractivity contribution in [2.75, 3.05) is 11.1 Å². The highest BCUT2D eigenvalue weighted by Gasteiger charge is 2.16. The summed E-state index contributed by atoms with van der Waals surface area (Å²) in [6, 6.07) is 11.3. The highest BCUT2D eigenvalue weighted by atomic mass is 32.1. The lowest BCUT2D eigenvalue weighted by molar-refractivity contribution is 0.103. The average Bonchev–Trinajstić information content (AvgIpc) is 2.79. The number of benzene rings is 1. The number of aromatic nitrogens is 1. The van der Waals surface area contributed by atoms with E-state index < -0.39 is 0 Å². The molecule has 3 N–H and O–H groups in total. The lowest BCUT2D eigenvalue weighted by Crippen LogP contribution is -2.11. The SMILES string of the molecule is Cc1ccc(NC(=O)c2sc3ncccc3c2N)cc1. The molecule has 5 heteroatoms. The predicted octanol–water partition coefficient (Wildman–Crippen LogP) is 3.44. The van der Waals surface area contributed by atoms with Crippen LogP contribution in [0.4, 0.5) is 11.4 Å². The molecule has 0 saturated heterocycles. The third-order valence-electron chi connectivity index (χ3n) is 3.02. The van der Waals surface area contributed by atoms with E-state index >= 15 is 0 Å². The molecule has 0 fully saturated rings. The summed E-state index contributed by atoms with van der Waals surface area (Å²) in [6.07, 6.45) is 1.69. The summed E-state index contributed by atoms with van der Waals surface area (Å²) >= 11 is 1.31. The minimum absolute atomic E-state index is 0.200. The lowest BCUT2D eigenvalue weighted by Gasteiger charge is -2.04. The van der Waals surface area contributed by atoms with Gasteiger partial charge in [0.15, 0.2) is 0 Å². The lowest BCUT2D eigenvalue weighted by atomic mass is 10.2. The average molecular weight is 283 g/mol. The summed E-state index contributed by atoms with van der Waals surface area (Å²) in [5.74, 6) is -0.200. The fourth-order valence-corrected chi connectivity index (χ4v) is 2.90. The molecule has 2 heterocycles. The van der Waals surface area contributed by atoms with E-state index in [0.717, 1.165) is 21.5 Å². The van der Waals surface area contributed by atoms with Gasteiger partial charge in [-0.1, -0.05) is 17.7 Å². The monoisotopic (exact) mass is 283 g/mol. The predicted molar refractivity (Wildman–Crippen MR) is 83.2 cm³/mol. The van der Waals surface area contributed by atoms with Crippen LogP contribution in [0.2, 0.25) is 0 Å². The number of nitrogens with zero attached hydrogens (tertiary/aromatic N) is 1. The van der Waals surface area contributed by atoms with Gasteiger partial charge < -0.3 is 11.1 Å². The summed E-state index contributed by atoms with van der Waals surface area (Å²) < 4.78 is 0. The maximum atomic E-state index is 12.3. The number of hydrogen-bond acceptors (Lipinski definition) is 4. The molecule has 2 aromatic heterocycles. The second-order valence-corrected chi connectivity index (χ2v) is 5.52. The number of nitrogens with two attached hydrogens (primary N) is 1. The molecule has 4 nitrogen and oxygen atoms in total. The van der Waals surface area contributed by atoms with Crippen molar-refractivity contribution in [2.45, 2.75) is 6.92 Å². The first kappa shape index (κ1) is 12.6. The number of fused-ring (bicyclic) bond motifs is 1. The van der Waals surface area contributed by atoms with E-state index in [4.69, 9.17) is 5.73 Å². The van der Waals surface area contributed by atoms with Gasteiger partial charge in [0, 0.05) is 17.3 Å². The number of carbonyl (C=O) groups excluding carboxylic acids is 1.